The molecule has 1 saturated carbocycles. The molecule has 2 aliphatic heterocycles. The smallest absolute Gasteiger partial charge is 0.218 e. The second-order valence-corrected chi connectivity index (χ2v) is 9.20. The summed E-state index contributed by atoms with van der Waals surface area (Å²) in [5.74, 6) is 1.39. The van der Waals surface area contributed by atoms with Crippen molar-refractivity contribution in [1.82, 2.24) is 4.57 Å². The Morgan fingerprint density at radius 2 is 1.86 bits per heavy atom. The molecule has 2 fully saturated rings. The summed E-state index contributed by atoms with van der Waals surface area (Å²) in [6.07, 6.45) is 3.56. The Bertz CT molecular complexity index is 920. The molecule has 29 heavy (non-hydrogen) atoms. The molecule has 3 aliphatic rings. The van der Waals surface area contributed by atoms with E-state index in [4.69, 9.17) is 4.74 Å². The summed E-state index contributed by atoms with van der Waals surface area (Å²) in [6, 6.07) is 9.44. The largest absolute Gasteiger partial charge is 0.493 e. The van der Waals surface area contributed by atoms with Crippen LogP contribution in [0.25, 0.3) is 0 Å². The average Bonchev–Trinajstić information content (AvgIpc) is 3.34. The number of rotatable bonds is 6. The molecular weight excluding hydrogens is 362 g/mol. The summed E-state index contributed by atoms with van der Waals surface area (Å²) >= 11 is 0. The van der Waals surface area contributed by atoms with E-state index in [1.807, 2.05) is 0 Å². The Hall–Kier alpha value is -2.11. The fourth-order valence-corrected chi connectivity index (χ4v) is 5.23. The van der Waals surface area contributed by atoms with Crippen LogP contribution in [0.3, 0.4) is 0 Å². The van der Waals surface area contributed by atoms with Gasteiger partial charge in [-0.3, -0.25) is 4.79 Å². The number of hydrogen-bond donors (Lipinski definition) is 2. The molecule has 5 rings (SSSR count). The molecule has 0 radical (unpaired) electrons. The normalized spacial score (nSPS) is 23.7. The number of aryl methyl sites for hydroxylation is 1. The Balaban J connectivity index is 1.15. The van der Waals surface area contributed by atoms with E-state index >= 15 is 0 Å². The number of quaternary nitrogens is 2. The van der Waals surface area contributed by atoms with Gasteiger partial charge < -0.3 is 19.1 Å². The van der Waals surface area contributed by atoms with Crippen LogP contribution in [0.15, 0.2) is 24.3 Å². The van der Waals surface area contributed by atoms with Gasteiger partial charge in [-0.05, 0) is 56.5 Å². The molecule has 5 heteroatoms. The molecule has 3 heterocycles. The van der Waals surface area contributed by atoms with Gasteiger partial charge in [0.25, 0.3) is 0 Å². The van der Waals surface area contributed by atoms with Crippen molar-refractivity contribution in [2.24, 2.45) is 0 Å². The zero-order chi connectivity index (χ0) is 20.0. The van der Waals surface area contributed by atoms with Crippen LogP contribution in [-0.2, 0) is 13.0 Å². The first-order chi connectivity index (χ1) is 14.1. The highest BCUT2D eigenvalue weighted by atomic mass is 16.5. The molecule has 1 aromatic heterocycles. The first-order valence-corrected chi connectivity index (χ1v) is 11.2. The molecule has 0 bridgehead atoms. The van der Waals surface area contributed by atoms with Gasteiger partial charge in [0.05, 0.1) is 6.61 Å². The number of piperazine rings is 1. The van der Waals surface area contributed by atoms with Gasteiger partial charge in [-0.1, -0.05) is 0 Å². The van der Waals surface area contributed by atoms with E-state index in [1.165, 1.54) is 40.3 Å². The third-order valence-electron chi connectivity index (χ3n) is 6.98. The minimum Gasteiger partial charge on any atom is -0.493 e. The maximum Gasteiger partial charge on any atom is 0.218 e. The quantitative estimate of drug-likeness (QED) is 0.701. The van der Waals surface area contributed by atoms with Crippen molar-refractivity contribution in [3.05, 3.63) is 52.3 Å². The van der Waals surface area contributed by atoms with Crippen molar-refractivity contribution in [2.75, 3.05) is 39.3 Å². The Morgan fingerprint density at radius 3 is 2.62 bits per heavy atom. The van der Waals surface area contributed by atoms with E-state index in [9.17, 15) is 4.79 Å². The van der Waals surface area contributed by atoms with Gasteiger partial charge in [-0.2, -0.15) is 0 Å². The van der Waals surface area contributed by atoms with Crippen molar-refractivity contribution >= 4 is 5.78 Å². The molecule has 2 N–H and O–H groups in total. The lowest BCUT2D eigenvalue weighted by molar-refractivity contribution is -1.01. The third kappa shape index (κ3) is 3.86. The lowest BCUT2D eigenvalue weighted by atomic mass is 10.1. The molecule has 1 saturated heterocycles. The second kappa shape index (κ2) is 7.62. The predicted molar refractivity (Wildman–Crippen MR) is 112 cm³/mol. The van der Waals surface area contributed by atoms with Gasteiger partial charge >= 0.3 is 0 Å². The van der Waals surface area contributed by atoms with Crippen LogP contribution < -0.4 is 14.5 Å². The van der Waals surface area contributed by atoms with Gasteiger partial charge in [0.15, 0.2) is 0 Å². The molecule has 1 aromatic carbocycles. The SMILES string of the molecule is Cc1cc(C(=O)C[NH+]2CC[NH+](Cc3ccc4c(c3)CCO4)CC2)c(C)n1C1CC1. The Morgan fingerprint density at radius 1 is 1.10 bits per heavy atom. The fourth-order valence-electron chi connectivity index (χ4n) is 5.23. The minimum absolute atomic E-state index is 0.321. The number of fused-ring (bicyclic) bond motifs is 1. The number of hydrogen-bond acceptors (Lipinski definition) is 2. The average molecular weight is 396 g/mol. The Labute approximate surface area is 173 Å². The molecule has 154 valence electrons. The summed E-state index contributed by atoms with van der Waals surface area (Å²) in [5, 5.41) is 0. The van der Waals surface area contributed by atoms with E-state index in [0.29, 0.717) is 18.4 Å². The Kier molecular flexibility index (Phi) is 4.96. The number of aromatic nitrogens is 1. The monoisotopic (exact) mass is 395 g/mol. The lowest BCUT2D eigenvalue weighted by Crippen LogP contribution is -3.27. The summed E-state index contributed by atoms with van der Waals surface area (Å²) in [5.41, 5.74) is 6.16. The summed E-state index contributed by atoms with van der Waals surface area (Å²) in [6.45, 7) is 11.2. The zero-order valence-corrected chi connectivity index (χ0v) is 17.7. The van der Waals surface area contributed by atoms with Crippen LogP contribution in [0.2, 0.25) is 0 Å². The topological polar surface area (TPSA) is 40.1 Å². The van der Waals surface area contributed by atoms with Crippen LogP contribution in [0, 0.1) is 13.8 Å². The summed E-state index contributed by atoms with van der Waals surface area (Å²) in [4.78, 5) is 16.0. The second-order valence-electron chi connectivity index (χ2n) is 9.20. The van der Waals surface area contributed by atoms with Crippen molar-refractivity contribution in [3.63, 3.8) is 0 Å². The fraction of sp³-hybridized carbons (Fsp3) is 0.542. The van der Waals surface area contributed by atoms with Gasteiger partial charge in [0, 0.05) is 35.0 Å². The highest BCUT2D eigenvalue weighted by Crippen LogP contribution is 2.38. The van der Waals surface area contributed by atoms with Gasteiger partial charge in [-0.25, -0.2) is 0 Å². The molecule has 0 spiro atoms. The van der Waals surface area contributed by atoms with Crippen molar-refractivity contribution in [3.8, 4) is 5.75 Å². The number of Topliss-reactive ketones (excluding diaryl/α,β-unsaturated/α-hetero) is 1. The van der Waals surface area contributed by atoms with Gasteiger partial charge in [0.2, 0.25) is 5.78 Å². The minimum atomic E-state index is 0.321. The van der Waals surface area contributed by atoms with E-state index in [2.05, 4.69) is 42.7 Å². The van der Waals surface area contributed by atoms with Crippen molar-refractivity contribution < 1.29 is 19.3 Å². The van der Waals surface area contributed by atoms with Crippen LogP contribution in [0.1, 0.15) is 51.8 Å². The van der Waals surface area contributed by atoms with Crippen LogP contribution in [-0.4, -0.2) is 49.7 Å². The molecule has 5 nitrogen and oxygen atoms in total. The standard InChI is InChI=1S/C24H31N3O2/c1-17-13-22(18(2)27(17)21-4-5-21)23(28)16-26-10-8-25(9-11-26)15-19-3-6-24-20(14-19)7-12-29-24/h3,6,13-14,21H,4-5,7-12,15-16H2,1-2H3/p+2. The highest BCUT2D eigenvalue weighted by Gasteiger charge is 2.30. The van der Waals surface area contributed by atoms with E-state index in [0.717, 1.165) is 57.1 Å². The maximum absolute atomic E-state index is 13.0. The van der Waals surface area contributed by atoms with Gasteiger partial charge in [0.1, 0.15) is 45.0 Å². The third-order valence-corrected chi connectivity index (χ3v) is 6.98. The molecular formula is C24H33N3O2+2. The van der Waals surface area contributed by atoms with E-state index < -0.39 is 0 Å². The summed E-state index contributed by atoms with van der Waals surface area (Å²) in [7, 11) is 0. The summed E-state index contributed by atoms with van der Waals surface area (Å²) < 4.78 is 8.00. The highest BCUT2D eigenvalue weighted by molar-refractivity contribution is 5.98. The number of benzene rings is 1. The van der Waals surface area contributed by atoms with Crippen molar-refractivity contribution in [1.29, 1.82) is 0 Å². The maximum atomic E-state index is 13.0. The molecule has 2 aromatic rings. The van der Waals surface area contributed by atoms with Crippen molar-refractivity contribution in [2.45, 2.75) is 45.7 Å². The number of ketones is 1. The molecule has 1 aliphatic carbocycles. The van der Waals surface area contributed by atoms with Crippen LogP contribution in [0.4, 0.5) is 0 Å². The number of carbonyl (C=O) groups excluding carboxylic acids is 1. The van der Waals surface area contributed by atoms with Gasteiger partial charge in [-0.15, -0.1) is 0 Å². The number of nitrogens with zero attached hydrogens (tertiary/aromatic N) is 1. The molecule has 0 amide bonds. The van der Waals surface area contributed by atoms with Crippen LogP contribution >= 0.6 is 0 Å². The zero-order valence-electron chi connectivity index (χ0n) is 17.7. The molecule has 0 atom stereocenters. The number of nitrogens with one attached hydrogen (secondary N) is 2. The van der Waals surface area contributed by atoms with Crippen LogP contribution in [0.5, 0.6) is 5.75 Å². The first kappa shape index (κ1) is 18.9. The van der Waals surface area contributed by atoms with E-state index in [-0.39, 0.29) is 0 Å². The predicted octanol–water partition coefficient (Wildman–Crippen LogP) is 0.541. The lowest BCUT2D eigenvalue weighted by Gasteiger charge is -2.29. The number of carbonyl (C=O) groups is 1. The number of ether oxygens (including phenoxy) is 1. The first-order valence-electron chi connectivity index (χ1n) is 11.2. The van der Waals surface area contributed by atoms with E-state index in [1.54, 1.807) is 4.90 Å². The molecule has 0 unspecified atom stereocenters.